The van der Waals surface area contributed by atoms with Crippen LogP contribution in [0.3, 0.4) is 0 Å². The van der Waals surface area contributed by atoms with Crippen molar-refractivity contribution < 1.29 is 18.0 Å². The highest BCUT2D eigenvalue weighted by Gasteiger charge is 2.15. The smallest absolute Gasteiger partial charge is 0.271 e. The predicted molar refractivity (Wildman–Crippen MR) is 107 cm³/mol. The zero-order valence-corrected chi connectivity index (χ0v) is 16.6. The minimum Gasteiger partial charge on any atom is -0.283 e. The largest absolute Gasteiger partial charge is 0.283 e. The van der Waals surface area contributed by atoms with Crippen molar-refractivity contribution in [2.75, 3.05) is 16.2 Å². The van der Waals surface area contributed by atoms with Crippen LogP contribution in [0.25, 0.3) is 0 Å². The zero-order chi connectivity index (χ0) is 19.9. The third-order valence-electron chi connectivity index (χ3n) is 3.52. The number of hydrogen-bond donors (Lipinski definition) is 3. The van der Waals surface area contributed by atoms with Crippen molar-refractivity contribution >= 4 is 39.3 Å². The first-order valence-electron chi connectivity index (χ1n) is 8.19. The summed E-state index contributed by atoms with van der Waals surface area (Å²) in [7, 11) is -3.52. The number of hydrazine groups is 1. The van der Waals surface area contributed by atoms with E-state index in [9.17, 15) is 18.0 Å². The van der Waals surface area contributed by atoms with Crippen molar-refractivity contribution in [3.05, 3.63) is 59.7 Å². The fraction of sp³-hybridized carbons (Fsp3) is 0.222. The first-order valence-corrected chi connectivity index (χ1v) is 10.8. The molecule has 0 spiro atoms. The molecule has 0 aliphatic carbocycles. The van der Waals surface area contributed by atoms with Crippen LogP contribution in [0, 0.1) is 6.92 Å². The van der Waals surface area contributed by atoms with Crippen LogP contribution in [0.5, 0.6) is 0 Å². The summed E-state index contributed by atoms with van der Waals surface area (Å²) < 4.78 is 25.8. The minimum atomic E-state index is -3.52. The van der Waals surface area contributed by atoms with Gasteiger partial charge in [-0.15, -0.1) is 11.8 Å². The van der Waals surface area contributed by atoms with Crippen LogP contribution in [0.1, 0.15) is 22.8 Å². The van der Waals surface area contributed by atoms with E-state index in [2.05, 4.69) is 15.6 Å². The molecule has 2 aromatic rings. The third kappa shape index (κ3) is 6.61. The van der Waals surface area contributed by atoms with Gasteiger partial charge in [-0.05, 0) is 38.1 Å². The predicted octanol–water partition coefficient (Wildman–Crippen LogP) is 2.31. The van der Waals surface area contributed by atoms with Gasteiger partial charge in [0.05, 0.1) is 22.8 Å². The second-order valence-corrected chi connectivity index (χ2v) is 8.71. The molecule has 0 atom stereocenters. The maximum absolute atomic E-state index is 12.3. The second kappa shape index (κ2) is 9.43. The number of carbonyl (C=O) groups is 2. The molecule has 0 unspecified atom stereocenters. The molecule has 0 aliphatic heterocycles. The summed E-state index contributed by atoms with van der Waals surface area (Å²) in [5, 5.41) is 0. The molecule has 2 aromatic carbocycles. The van der Waals surface area contributed by atoms with Gasteiger partial charge < -0.3 is 0 Å². The van der Waals surface area contributed by atoms with Crippen molar-refractivity contribution in [2.24, 2.45) is 0 Å². The van der Waals surface area contributed by atoms with Gasteiger partial charge >= 0.3 is 0 Å². The van der Waals surface area contributed by atoms with Crippen molar-refractivity contribution in [3.8, 4) is 0 Å². The molecule has 0 radical (unpaired) electrons. The molecule has 2 rings (SSSR count). The molecule has 0 fully saturated rings. The molecule has 2 amide bonds. The van der Waals surface area contributed by atoms with Gasteiger partial charge in [-0.25, -0.2) is 8.42 Å². The standard InChI is InChI=1S/C18H21N3O4S2/c1-3-27(24,25)21-16-7-5-4-6-15(16)18(23)20-19-17(22)12-26-14-10-8-13(2)9-11-14/h4-11,21H,3,12H2,1-2H3,(H,19,22)(H,20,23). The molecule has 0 saturated heterocycles. The van der Waals surface area contributed by atoms with Crippen molar-refractivity contribution in [1.82, 2.24) is 10.9 Å². The molecule has 3 N–H and O–H groups in total. The van der Waals surface area contributed by atoms with E-state index >= 15 is 0 Å². The zero-order valence-electron chi connectivity index (χ0n) is 15.0. The molecule has 0 saturated carbocycles. The summed E-state index contributed by atoms with van der Waals surface area (Å²) in [4.78, 5) is 25.2. The Kier molecular flexibility index (Phi) is 7.26. The quantitative estimate of drug-likeness (QED) is 0.483. The molecule has 0 heterocycles. The lowest BCUT2D eigenvalue weighted by atomic mass is 10.2. The molecular weight excluding hydrogens is 386 g/mol. The van der Waals surface area contributed by atoms with E-state index < -0.39 is 15.9 Å². The summed E-state index contributed by atoms with van der Waals surface area (Å²) in [6.07, 6.45) is 0. The number of para-hydroxylation sites is 1. The van der Waals surface area contributed by atoms with E-state index in [1.165, 1.54) is 30.8 Å². The molecule has 0 aromatic heterocycles. The number of rotatable bonds is 7. The van der Waals surface area contributed by atoms with Gasteiger partial charge in [-0.3, -0.25) is 25.2 Å². The van der Waals surface area contributed by atoms with Gasteiger partial charge in [0.1, 0.15) is 0 Å². The Balaban J connectivity index is 1.91. The van der Waals surface area contributed by atoms with Gasteiger partial charge in [0.2, 0.25) is 15.9 Å². The summed E-state index contributed by atoms with van der Waals surface area (Å²) in [6, 6.07) is 13.9. The average molecular weight is 408 g/mol. The fourth-order valence-corrected chi connectivity index (χ4v) is 3.38. The average Bonchev–Trinajstić information content (AvgIpc) is 2.66. The van der Waals surface area contributed by atoms with Crippen LogP contribution in [0.2, 0.25) is 0 Å². The van der Waals surface area contributed by atoms with Crippen molar-refractivity contribution in [3.63, 3.8) is 0 Å². The number of carbonyl (C=O) groups excluding carboxylic acids is 2. The highest BCUT2D eigenvalue weighted by molar-refractivity contribution is 8.00. The Hall–Kier alpha value is -2.52. The Morgan fingerprint density at radius 1 is 1.00 bits per heavy atom. The summed E-state index contributed by atoms with van der Waals surface area (Å²) in [6.45, 7) is 3.48. The maximum atomic E-state index is 12.3. The van der Waals surface area contributed by atoms with E-state index in [1.54, 1.807) is 12.1 Å². The highest BCUT2D eigenvalue weighted by atomic mass is 32.2. The van der Waals surface area contributed by atoms with E-state index in [0.29, 0.717) is 0 Å². The first-order chi connectivity index (χ1) is 12.8. The first kappa shape index (κ1) is 20.8. The Bertz CT molecular complexity index is 912. The van der Waals surface area contributed by atoms with Crippen LogP contribution in [0.15, 0.2) is 53.4 Å². The van der Waals surface area contributed by atoms with E-state index in [0.717, 1.165) is 10.5 Å². The summed E-state index contributed by atoms with van der Waals surface area (Å²) >= 11 is 1.34. The SMILES string of the molecule is CCS(=O)(=O)Nc1ccccc1C(=O)NNC(=O)CSc1ccc(C)cc1. The number of hydrogen-bond acceptors (Lipinski definition) is 5. The summed E-state index contributed by atoms with van der Waals surface area (Å²) in [5.74, 6) is -0.970. The van der Waals surface area contributed by atoms with Crippen LogP contribution in [0.4, 0.5) is 5.69 Å². The van der Waals surface area contributed by atoms with Gasteiger partial charge in [0, 0.05) is 4.90 Å². The van der Waals surface area contributed by atoms with Crippen LogP contribution < -0.4 is 15.6 Å². The van der Waals surface area contributed by atoms with Crippen LogP contribution >= 0.6 is 11.8 Å². The number of benzene rings is 2. The topological polar surface area (TPSA) is 104 Å². The number of thioether (sulfide) groups is 1. The Labute approximate surface area is 163 Å². The van der Waals surface area contributed by atoms with Crippen LogP contribution in [-0.4, -0.2) is 31.7 Å². The molecule has 27 heavy (non-hydrogen) atoms. The monoisotopic (exact) mass is 407 g/mol. The van der Waals surface area contributed by atoms with Gasteiger partial charge in [0.15, 0.2) is 0 Å². The number of nitrogens with one attached hydrogen (secondary N) is 3. The third-order valence-corrected chi connectivity index (χ3v) is 5.83. The minimum absolute atomic E-state index is 0.112. The van der Waals surface area contributed by atoms with Gasteiger partial charge in [-0.1, -0.05) is 29.8 Å². The fourth-order valence-electron chi connectivity index (χ4n) is 2.02. The number of anilines is 1. The van der Waals surface area contributed by atoms with E-state index in [4.69, 9.17) is 0 Å². The molecule has 0 bridgehead atoms. The lowest BCUT2D eigenvalue weighted by Crippen LogP contribution is -2.42. The highest BCUT2D eigenvalue weighted by Crippen LogP contribution is 2.18. The number of sulfonamides is 1. The Morgan fingerprint density at radius 3 is 2.33 bits per heavy atom. The van der Waals surface area contributed by atoms with Gasteiger partial charge in [-0.2, -0.15) is 0 Å². The van der Waals surface area contributed by atoms with Crippen molar-refractivity contribution in [1.29, 1.82) is 0 Å². The van der Waals surface area contributed by atoms with Crippen molar-refractivity contribution in [2.45, 2.75) is 18.7 Å². The molecule has 144 valence electrons. The molecule has 7 nitrogen and oxygen atoms in total. The molecule has 0 aliphatic rings. The molecule has 9 heteroatoms. The van der Waals surface area contributed by atoms with E-state index in [-0.39, 0.29) is 28.7 Å². The Morgan fingerprint density at radius 2 is 1.67 bits per heavy atom. The van der Waals surface area contributed by atoms with E-state index in [1.807, 2.05) is 31.2 Å². The van der Waals surface area contributed by atoms with Crippen LogP contribution in [-0.2, 0) is 14.8 Å². The lowest BCUT2D eigenvalue weighted by Gasteiger charge is -2.12. The lowest BCUT2D eigenvalue weighted by molar-refractivity contribution is -0.119. The van der Waals surface area contributed by atoms with Gasteiger partial charge in [0.25, 0.3) is 5.91 Å². The number of aryl methyl sites for hydroxylation is 1. The summed E-state index contributed by atoms with van der Waals surface area (Å²) in [5.41, 5.74) is 6.03. The normalized spacial score (nSPS) is 10.9. The number of amides is 2. The maximum Gasteiger partial charge on any atom is 0.271 e. The molecular formula is C18H21N3O4S2. The second-order valence-electron chi connectivity index (χ2n) is 5.66.